The summed E-state index contributed by atoms with van der Waals surface area (Å²) < 4.78 is 14.7. The molecule has 2 fully saturated rings. The molecule has 1 amide bonds. The molecular weight excluding hydrogens is 347 g/mol. The number of rotatable bonds is 5. The molecule has 1 saturated carbocycles. The lowest BCUT2D eigenvalue weighted by molar-refractivity contribution is 0.0695. The number of halogens is 1. The van der Waals surface area contributed by atoms with Crippen LogP contribution in [0.2, 0.25) is 0 Å². The smallest absolute Gasteiger partial charge is 0.278 e. The largest absolute Gasteiger partial charge is 0.504 e. The summed E-state index contributed by atoms with van der Waals surface area (Å²) in [5, 5.41) is 18.1. The summed E-state index contributed by atoms with van der Waals surface area (Å²) in [5.74, 6) is 0.104. The van der Waals surface area contributed by atoms with Gasteiger partial charge in [-0.2, -0.15) is 5.10 Å². The Hall–Kier alpha value is -2.41. The van der Waals surface area contributed by atoms with Crippen molar-refractivity contribution in [3.8, 4) is 11.4 Å². The van der Waals surface area contributed by atoms with Crippen LogP contribution < -0.4 is 5.32 Å². The SMILES string of the molecule is Cc1cc(F)ccc1-n1cc(O)c(C(=O)N2CCC(NCC3CC3)CC2)n1. The molecule has 1 aromatic heterocycles. The van der Waals surface area contributed by atoms with Crippen LogP contribution in [0.25, 0.3) is 5.69 Å². The summed E-state index contributed by atoms with van der Waals surface area (Å²) >= 11 is 0. The number of nitrogens with one attached hydrogen (secondary N) is 1. The molecule has 2 aliphatic rings. The number of carbonyl (C=O) groups excluding carboxylic acids is 1. The number of likely N-dealkylation sites (tertiary alicyclic amines) is 1. The lowest BCUT2D eigenvalue weighted by Crippen LogP contribution is -2.45. The van der Waals surface area contributed by atoms with Gasteiger partial charge in [0.25, 0.3) is 5.91 Å². The molecule has 0 atom stereocenters. The summed E-state index contributed by atoms with van der Waals surface area (Å²) in [6.07, 6.45) is 5.89. The molecule has 7 heteroatoms. The Bertz CT molecular complexity index is 839. The number of aromatic hydroxyl groups is 1. The fourth-order valence-electron chi connectivity index (χ4n) is 3.61. The number of benzene rings is 1. The van der Waals surface area contributed by atoms with Crippen LogP contribution in [0.4, 0.5) is 4.39 Å². The second-order valence-electron chi connectivity index (χ2n) is 7.66. The number of carbonyl (C=O) groups is 1. The van der Waals surface area contributed by atoms with Crippen molar-refractivity contribution in [1.29, 1.82) is 0 Å². The van der Waals surface area contributed by atoms with E-state index >= 15 is 0 Å². The van der Waals surface area contributed by atoms with Crippen LogP contribution in [0.1, 0.15) is 41.7 Å². The monoisotopic (exact) mass is 372 g/mol. The van der Waals surface area contributed by atoms with Crippen molar-refractivity contribution < 1.29 is 14.3 Å². The average molecular weight is 372 g/mol. The normalized spacial score (nSPS) is 18.1. The van der Waals surface area contributed by atoms with Gasteiger partial charge < -0.3 is 15.3 Å². The van der Waals surface area contributed by atoms with E-state index in [0.717, 1.165) is 25.3 Å². The van der Waals surface area contributed by atoms with Crippen molar-refractivity contribution in [2.75, 3.05) is 19.6 Å². The Labute approximate surface area is 158 Å². The molecule has 0 bridgehead atoms. The molecule has 1 aliphatic carbocycles. The average Bonchev–Trinajstić information content (AvgIpc) is 3.41. The Balaban J connectivity index is 1.42. The van der Waals surface area contributed by atoms with Crippen LogP contribution >= 0.6 is 0 Å². The molecule has 144 valence electrons. The van der Waals surface area contributed by atoms with Crippen LogP contribution in [0.3, 0.4) is 0 Å². The fourth-order valence-corrected chi connectivity index (χ4v) is 3.61. The van der Waals surface area contributed by atoms with Crippen LogP contribution in [0.15, 0.2) is 24.4 Å². The Morgan fingerprint density at radius 3 is 2.70 bits per heavy atom. The maximum Gasteiger partial charge on any atom is 0.278 e. The maximum atomic E-state index is 13.3. The predicted octanol–water partition coefficient (Wildman–Crippen LogP) is 2.63. The minimum atomic E-state index is -0.331. The molecule has 0 unspecified atom stereocenters. The molecule has 0 radical (unpaired) electrons. The lowest BCUT2D eigenvalue weighted by Gasteiger charge is -2.32. The van der Waals surface area contributed by atoms with Crippen LogP contribution in [-0.2, 0) is 0 Å². The number of hydrogen-bond donors (Lipinski definition) is 2. The van der Waals surface area contributed by atoms with Crippen molar-refractivity contribution >= 4 is 5.91 Å². The molecule has 1 aromatic carbocycles. The predicted molar refractivity (Wildman–Crippen MR) is 99.6 cm³/mol. The van der Waals surface area contributed by atoms with E-state index in [4.69, 9.17) is 0 Å². The molecule has 4 rings (SSSR count). The highest BCUT2D eigenvalue weighted by Gasteiger charge is 2.29. The van der Waals surface area contributed by atoms with Gasteiger partial charge in [-0.15, -0.1) is 0 Å². The van der Waals surface area contributed by atoms with Gasteiger partial charge in [0.15, 0.2) is 11.4 Å². The molecule has 1 saturated heterocycles. The summed E-state index contributed by atoms with van der Waals surface area (Å²) in [4.78, 5) is 14.5. The van der Waals surface area contributed by atoms with E-state index in [1.807, 2.05) is 0 Å². The van der Waals surface area contributed by atoms with Gasteiger partial charge in [0.2, 0.25) is 0 Å². The third-order valence-electron chi connectivity index (χ3n) is 5.48. The first-order valence-corrected chi connectivity index (χ1v) is 9.59. The van der Waals surface area contributed by atoms with Gasteiger partial charge in [0.05, 0.1) is 11.9 Å². The summed E-state index contributed by atoms with van der Waals surface area (Å²) in [6.45, 7) is 4.16. The van der Waals surface area contributed by atoms with Crippen LogP contribution in [-0.4, -0.2) is 51.4 Å². The van der Waals surface area contributed by atoms with Gasteiger partial charge in [-0.25, -0.2) is 9.07 Å². The third-order valence-corrected chi connectivity index (χ3v) is 5.48. The van der Waals surface area contributed by atoms with Gasteiger partial charge in [-0.1, -0.05) is 0 Å². The zero-order chi connectivity index (χ0) is 19.0. The number of aryl methyl sites for hydroxylation is 1. The Kier molecular flexibility index (Phi) is 4.86. The highest BCUT2D eigenvalue weighted by molar-refractivity contribution is 5.94. The third kappa shape index (κ3) is 3.98. The van der Waals surface area contributed by atoms with Crippen LogP contribution in [0, 0.1) is 18.7 Å². The number of piperidine rings is 1. The van der Waals surface area contributed by atoms with E-state index in [0.29, 0.717) is 30.4 Å². The standard InChI is InChI=1S/C20H25FN4O2/c1-13-10-15(21)4-5-17(13)25-12-18(26)19(23-25)20(27)24-8-6-16(7-9-24)22-11-14-2-3-14/h4-5,10,12,14,16,22,26H,2-3,6-9,11H2,1H3. The van der Waals surface area contributed by atoms with Crippen LogP contribution in [0.5, 0.6) is 5.75 Å². The van der Waals surface area contributed by atoms with E-state index in [9.17, 15) is 14.3 Å². The second kappa shape index (κ2) is 7.31. The van der Waals surface area contributed by atoms with Gasteiger partial charge >= 0.3 is 0 Å². The molecule has 2 N–H and O–H groups in total. The van der Waals surface area contributed by atoms with E-state index in [-0.39, 0.29) is 23.2 Å². The summed E-state index contributed by atoms with van der Waals surface area (Å²) in [6, 6.07) is 4.78. The number of nitrogens with zero attached hydrogens (tertiary/aromatic N) is 3. The molecular formula is C20H25FN4O2. The van der Waals surface area contributed by atoms with Crippen molar-refractivity contribution in [3.05, 3.63) is 41.5 Å². The van der Waals surface area contributed by atoms with Crippen molar-refractivity contribution in [2.45, 2.75) is 38.6 Å². The number of aromatic nitrogens is 2. The lowest BCUT2D eigenvalue weighted by atomic mass is 10.0. The second-order valence-corrected chi connectivity index (χ2v) is 7.66. The van der Waals surface area contributed by atoms with E-state index in [1.165, 1.54) is 35.9 Å². The van der Waals surface area contributed by atoms with Crippen molar-refractivity contribution in [3.63, 3.8) is 0 Å². The highest BCUT2D eigenvalue weighted by atomic mass is 19.1. The highest BCUT2D eigenvalue weighted by Crippen LogP contribution is 2.28. The topological polar surface area (TPSA) is 70.4 Å². The molecule has 27 heavy (non-hydrogen) atoms. The minimum absolute atomic E-state index is 0.0446. The Morgan fingerprint density at radius 2 is 2.04 bits per heavy atom. The Morgan fingerprint density at radius 1 is 1.30 bits per heavy atom. The zero-order valence-corrected chi connectivity index (χ0v) is 15.5. The maximum absolute atomic E-state index is 13.3. The van der Waals surface area contributed by atoms with Gasteiger partial charge in [-0.05, 0) is 68.8 Å². The van der Waals surface area contributed by atoms with Crippen molar-refractivity contribution in [1.82, 2.24) is 20.0 Å². The first kappa shape index (κ1) is 18.0. The van der Waals surface area contributed by atoms with E-state index < -0.39 is 0 Å². The molecule has 0 spiro atoms. The van der Waals surface area contributed by atoms with E-state index in [1.54, 1.807) is 17.9 Å². The van der Waals surface area contributed by atoms with Gasteiger partial charge in [0, 0.05) is 19.1 Å². The van der Waals surface area contributed by atoms with E-state index in [2.05, 4.69) is 10.4 Å². The number of hydrogen-bond acceptors (Lipinski definition) is 4. The molecule has 1 aliphatic heterocycles. The molecule has 2 heterocycles. The van der Waals surface area contributed by atoms with Crippen molar-refractivity contribution in [2.24, 2.45) is 5.92 Å². The number of amides is 1. The first-order valence-electron chi connectivity index (χ1n) is 9.59. The summed E-state index contributed by atoms with van der Waals surface area (Å²) in [5.41, 5.74) is 1.36. The minimum Gasteiger partial charge on any atom is -0.504 e. The fraction of sp³-hybridized carbons (Fsp3) is 0.500. The molecule has 2 aromatic rings. The molecule has 6 nitrogen and oxygen atoms in total. The first-order chi connectivity index (χ1) is 13.0. The quantitative estimate of drug-likeness (QED) is 0.847. The van der Waals surface area contributed by atoms with Gasteiger partial charge in [0.1, 0.15) is 5.82 Å². The zero-order valence-electron chi connectivity index (χ0n) is 15.5. The summed E-state index contributed by atoms with van der Waals surface area (Å²) in [7, 11) is 0. The van der Waals surface area contributed by atoms with Gasteiger partial charge in [-0.3, -0.25) is 4.79 Å².